The average molecular weight is 269 g/mol. The van der Waals surface area contributed by atoms with Gasteiger partial charge in [0.1, 0.15) is 6.04 Å². The SMILES string of the molecule is CC(NC(=O)C(C)C1CNC1)C(=O)N1CCOCC1. The molecule has 2 fully saturated rings. The highest BCUT2D eigenvalue weighted by molar-refractivity contribution is 5.88. The molecule has 2 atom stereocenters. The van der Waals surface area contributed by atoms with E-state index < -0.39 is 6.04 Å². The summed E-state index contributed by atoms with van der Waals surface area (Å²) in [7, 11) is 0. The molecular weight excluding hydrogens is 246 g/mol. The largest absolute Gasteiger partial charge is 0.378 e. The molecule has 0 aromatic carbocycles. The molecule has 2 N–H and O–H groups in total. The molecule has 2 saturated heterocycles. The van der Waals surface area contributed by atoms with Crippen LogP contribution in [0.15, 0.2) is 0 Å². The van der Waals surface area contributed by atoms with Crippen LogP contribution >= 0.6 is 0 Å². The quantitative estimate of drug-likeness (QED) is 0.701. The van der Waals surface area contributed by atoms with Crippen LogP contribution in [0, 0.1) is 11.8 Å². The van der Waals surface area contributed by atoms with Gasteiger partial charge in [0, 0.05) is 19.0 Å². The van der Waals surface area contributed by atoms with Crippen LogP contribution < -0.4 is 10.6 Å². The van der Waals surface area contributed by atoms with Crippen LogP contribution in [0.4, 0.5) is 0 Å². The van der Waals surface area contributed by atoms with Gasteiger partial charge in [-0.2, -0.15) is 0 Å². The van der Waals surface area contributed by atoms with Gasteiger partial charge in [-0.15, -0.1) is 0 Å². The minimum atomic E-state index is -0.457. The Bertz CT molecular complexity index is 338. The molecule has 0 aromatic rings. The van der Waals surface area contributed by atoms with Crippen LogP contribution in [0.25, 0.3) is 0 Å². The van der Waals surface area contributed by atoms with E-state index >= 15 is 0 Å². The van der Waals surface area contributed by atoms with E-state index in [9.17, 15) is 9.59 Å². The number of nitrogens with zero attached hydrogens (tertiary/aromatic N) is 1. The van der Waals surface area contributed by atoms with Crippen molar-refractivity contribution < 1.29 is 14.3 Å². The second-order valence-corrected chi connectivity index (χ2v) is 5.37. The molecule has 19 heavy (non-hydrogen) atoms. The average Bonchev–Trinajstić information content (AvgIpc) is 2.36. The van der Waals surface area contributed by atoms with E-state index in [1.54, 1.807) is 11.8 Å². The van der Waals surface area contributed by atoms with E-state index in [1.807, 2.05) is 6.92 Å². The molecule has 2 heterocycles. The molecule has 0 radical (unpaired) electrons. The topological polar surface area (TPSA) is 70.7 Å². The molecule has 6 nitrogen and oxygen atoms in total. The smallest absolute Gasteiger partial charge is 0.245 e. The Morgan fingerprint density at radius 1 is 1.26 bits per heavy atom. The Balaban J connectivity index is 1.80. The summed E-state index contributed by atoms with van der Waals surface area (Å²) in [6.45, 7) is 7.84. The minimum Gasteiger partial charge on any atom is -0.378 e. The van der Waals surface area contributed by atoms with Gasteiger partial charge in [0.05, 0.1) is 13.2 Å². The second-order valence-electron chi connectivity index (χ2n) is 5.37. The number of ether oxygens (including phenoxy) is 1. The Hall–Kier alpha value is -1.14. The molecule has 108 valence electrons. The van der Waals surface area contributed by atoms with Crippen LogP contribution in [0.5, 0.6) is 0 Å². The summed E-state index contributed by atoms with van der Waals surface area (Å²) in [5.41, 5.74) is 0. The van der Waals surface area contributed by atoms with Gasteiger partial charge in [-0.1, -0.05) is 6.92 Å². The van der Waals surface area contributed by atoms with E-state index in [-0.39, 0.29) is 17.7 Å². The fraction of sp³-hybridized carbons (Fsp3) is 0.846. The van der Waals surface area contributed by atoms with Gasteiger partial charge in [0.15, 0.2) is 0 Å². The zero-order valence-corrected chi connectivity index (χ0v) is 11.6. The third-order valence-electron chi connectivity index (χ3n) is 3.99. The highest BCUT2D eigenvalue weighted by atomic mass is 16.5. The number of carbonyl (C=O) groups is 2. The molecular formula is C13H23N3O3. The fourth-order valence-electron chi connectivity index (χ4n) is 2.34. The van der Waals surface area contributed by atoms with Gasteiger partial charge in [-0.3, -0.25) is 9.59 Å². The molecule has 2 unspecified atom stereocenters. The summed E-state index contributed by atoms with van der Waals surface area (Å²) >= 11 is 0. The highest BCUT2D eigenvalue weighted by Gasteiger charge is 2.31. The number of carbonyl (C=O) groups excluding carboxylic acids is 2. The molecule has 2 aliphatic rings. The van der Waals surface area contributed by atoms with Crippen molar-refractivity contribution in [1.29, 1.82) is 0 Å². The van der Waals surface area contributed by atoms with Gasteiger partial charge in [0.2, 0.25) is 11.8 Å². The van der Waals surface area contributed by atoms with Gasteiger partial charge < -0.3 is 20.3 Å². The third kappa shape index (κ3) is 3.45. The molecule has 2 aliphatic heterocycles. The molecule has 2 rings (SSSR count). The lowest BCUT2D eigenvalue weighted by atomic mass is 9.88. The zero-order valence-electron chi connectivity index (χ0n) is 11.6. The lowest BCUT2D eigenvalue weighted by Crippen LogP contribution is -2.54. The van der Waals surface area contributed by atoms with Crippen molar-refractivity contribution in [2.75, 3.05) is 39.4 Å². The standard InChI is InChI=1S/C13H23N3O3/c1-9(11-7-14-8-11)12(17)15-10(2)13(18)16-3-5-19-6-4-16/h9-11,14H,3-8H2,1-2H3,(H,15,17). The first-order chi connectivity index (χ1) is 9.09. The van der Waals surface area contributed by atoms with Crippen molar-refractivity contribution >= 4 is 11.8 Å². The van der Waals surface area contributed by atoms with E-state index in [1.165, 1.54) is 0 Å². The van der Waals surface area contributed by atoms with Crippen molar-refractivity contribution in [3.05, 3.63) is 0 Å². The molecule has 0 saturated carbocycles. The monoisotopic (exact) mass is 269 g/mol. The molecule has 2 amide bonds. The number of morpholine rings is 1. The maximum atomic E-state index is 12.2. The second kappa shape index (κ2) is 6.34. The predicted octanol–water partition coefficient (Wildman–Crippen LogP) is -0.795. The lowest BCUT2D eigenvalue weighted by molar-refractivity contribution is -0.140. The van der Waals surface area contributed by atoms with Crippen molar-refractivity contribution in [1.82, 2.24) is 15.5 Å². The minimum absolute atomic E-state index is 0.0180. The van der Waals surface area contributed by atoms with Crippen LogP contribution in [-0.2, 0) is 14.3 Å². The Kier molecular flexibility index (Phi) is 4.76. The lowest BCUT2D eigenvalue weighted by Gasteiger charge is -2.33. The van der Waals surface area contributed by atoms with Crippen molar-refractivity contribution in [2.24, 2.45) is 11.8 Å². The van der Waals surface area contributed by atoms with E-state index in [2.05, 4.69) is 10.6 Å². The van der Waals surface area contributed by atoms with Crippen LogP contribution in [0.1, 0.15) is 13.8 Å². The van der Waals surface area contributed by atoms with Crippen molar-refractivity contribution in [3.63, 3.8) is 0 Å². The summed E-state index contributed by atoms with van der Waals surface area (Å²) in [5, 5.41) is 5.98. The first-order valence-electron chi connectivity index (χ1n) is 6.97. The highest BCUT2D eigenvalue weighted by Crippen LogP contribution is 2.16. The molecule has 0 spiro atoms. The van der Waals surface area contributed by atoms with Crippen molar-refractivity contribution in [3.8, 4) is 0 Å². The fourth-order valence-corrected chi connectivity index (χ4v) is 2.34. The Morgan fingerprint density at radius 2 is 1.89 bits per heavy atom. The summed E-state index contributed by atoms with van der Waals surface area (Å²) in [6.07, 6.45) is 0. The zero-order chi connectivity index (χ0) is 13.8. The summed E-state index contributed by atoms with van der Waals surface area (Å²) in [4.78, 5) is 25.9. The van der Waals surface area contributed by atoms with E-state index in [0.29, 0.717) is 32.2 Å². The molecule has 0 aromatic heterocycles. The first kappa shape index (κ1) is 14.3. The predicted molar refractivity (Wildman–Crippen MR) is 70.5 cm³/mol. The van der Waals surface area contributed by atoms with Gasteiger partial charge >= 0.3 is 0 Å². The number of nitrogens with one attached hydrogen (secondary N) is 2. The number of hydrogen-bond donors (Lipinski definition) is 2. The van der Waals surface area contributed by atoms with Crippen LogP contribution in [0.2, 0.25) is 0 Å². The third-order valence-corrected chi connectivity index (χ3v) is 3.99. The molecule has 0 bridgehead atoms. The van der Waals surface area contributed by atoms with E-state index in [4.69, 9.17) is 4.74 Å². The molecule has 0 aliphatic carbocycles. The van der Waals surface area contributed by atoms with Crippen LogP contribution in [-0.4, -0.2) is 62.1 Å². The maximum absolute atomic E-state index is 12.2. The maximum Gasteiger partial charge on any atom is 0.245 e. The number of rotatable bonds is 4. The summed E-state index contributed by atoms with van der Waals surface area (Å²) < 4.78 is 5.21. The van der Waals surface area contributed by atoms with Gasteiger partial charge in [0.25, 0.3) is 0 Å². The van der Waals surface area contributed by atoms with Gasteiger partial charge in [-0.25, -0.2) is 0 Å². The first-order valence-corrected chi connectivity index (χ1v) is 6.97. The Labute approximate surface area is 113 Å². The van der Waals surface area contributed by atoms with Gasteiger partial charge in [-0.05, 0) is 25.9 Å². The Morgan fingerprint density at radius 3 is 2.42 bits per heavy atom. The number of amides is 2. The summed E-state index contributed by atoms with van der Waals surface area (Å²) in [5.74, 6) is 0.308. The van der Waals surface area contributed by atoms with Crippen LogP contribution in [0.3, 0.4) is 0 Å². The van der Waals surface area contributed by atoms with Crippen molar-refractivity contribution in [2.45, 2.75) is 19.9 Å². The normalized spacial score (nSPS) is 23.4. The molecule has 6 heteroatoms. The van der Waals surface area contributed by atoms with E-state index in [0.717, 1.165) is 13.1 Å². The summed E-state index contributed by atoms with van der Waals surface area (Å²) in [6, 6.07) is -0.457. The number of hydrogen-bond acceptors (Lipinski definition) is 4.